The van der Waals surface area contributed by atoms with Gasteiger partial charge in [-0.2, -0.15) is 0 Å². The molecule has 1 aliphatic rings. The molecule has 1 aliphatic heterocycles. The fraction of sp³-hybridized carbons (Fsp3) is 0.750. The smallest absolute Gasteiger partial charge is 0.222 e. The van der Waals surface area contributed by atoms with Crippen molar-refractivity contribution in [1.29, 1.82) is 0 Å². The maximum atomic E-state index is 10.5. The molecule has 6 nitrogen and oxygen atoms in total. The first-order valence-corrected chi connectivity index (χ1v) is 5.95. The van der Waals surface area contributed by atoms with Crippen LogP contribution in [0.25, 0.3) is 0 Å². The molecule has 0 aliphatic carbocycles. The van der Waals surface area contributed by atoms with Crippen LogP contribution in [0.4, 0.5) is 0 Å². The molecular weight excluding hydrogens is 234 g/mol. The van der Waals surface area contributed by atoms with Crippen LogP contribution in [-0.4, -0.2) is 62.8 Å². The van der Waals surface area contributed by atoms with E-state index in [1.54, 1.807) is 26.0 Å². The first-order chi connectivity index (χ1) is 8.38. The summed E-state index contributed by atoms with van der Waals surface area (Å²) in [5.74, 6) is 0.384. The van der Waals surface area contributed by atoms with Gasteiger partial charge in [-0.3, -0.25) is 14.4 Å². The minimum Gasteiger partial charge on any atom is -0.359 e. The summed E-state index contributed by atoms with van der Waals surface area (Å²) in [6.07, 6.45) is 3.14. The van der Waals surface area contributed by atoms with Crippen LogP contribution in [0.3, 0.4) is 0 Å². The zero-order chi connectivity index (χ0) is 14.6. The van der Waals surface area contributed by atoms with Crippen LogP contribution in [0, 0.1) is 0 Å². The molecule has 1 rings (SSSR count). The molecule has 1 heterocycles. The summed E-state index contributed by atoms with van der Waals surface area (Å²) in [5.41, 5.74) is 0. The zero-order valence-corrected chi connectivity index (χ0v) is 12.0. The van der Waals surface area contributed by atoms with Crippen LogP contribution in [0.15, 0.2) is 0 Å². The molecule has 3 amide bonds. The van der Waals surface area contributed by atoms with Crippen molar-refractivity contribution in [3.8, 4) is 0 Å². The Morgan fingerprint density at radius 3 is 2.06 bits per heavy atom. The summed E-state index contributed by atoms with van der Waals surface area (Å²) >= 11 is 0. The molecule has 0 atom stereocenters. The fourth-order valence-electron chi connectivity index (χ4n) is 0.960. The summed E-state index contributed by atoms with van der Waals surface area (Å²) in [7, 11) is 6.85. The third-order valence-electron chi connectivity index (χ3n) is 2.12. The lowest BCUT2D eigenvalue weighted by molar-refractivity contribution is -0.126. The minimum absolute atomic E-state index is 0.0926. The van der Waals surface area contributed by atoms with Crippen LogP contribution in [0.1, 0.15) is 26.2 Å². The molecule has 1 fully saturated rings. The predicted octanol–water partition coefficient (Wildman–Crippen LogP) is 0.0854. The van der Waals surface area contributed by atoms with Gasteiger partial charge in [-0.15, -0.1) is 0 Å². The quantitative estimate of drug-likeness (QED) is 0.714. The first kappa shape index (κ1) is 18.8. The number of carbonyl (C=O) groups excluding carboxylic acids is 3. The maximum absolute atomic E-state index is 10.5. The molecule has 0 aromatic carbocycles. The number of likely N-dealkylation sites (tertiary alicyclic amines) is 1. The van der Waals surface area contributed by atoms with Gasteiger partial charge < -0.3 is 15.1 Å². The number of rotatable bonds is 2. The molecular formula is C12H25N3O3. The molecule has 1 saturated heterocycles. The second-order valence-electron chi connectivity index (χ2n) is 4.01. The highest BCUT2D eigenvalue weighted by atomic mass is 16.2. The molecule has 0 aromatic rings. The standard InChI is InChI=1S/C5H9NO.C4H9NO.C3H7NO/c1-6-4-2-3-5(6)7;1-3-4(6)5-2;1-4(2)3-5/h2-4H2,1H3;3H2,1-2H3,(H,5,6);3H,1-2H3. The zero-order valence-electron chi connectivity index (χ0n) is 12.0. The van der Waals surface area contributed by atoms with Gasteiger partial charge in [0.1, 0.15) is 0 Å². The molecule has 0 saturated carbocycles. The van der Waals surface area contributed by atoms with Gasteiger partial charge in [0, 0.05) is 47.6 Å². The van der Waals surface area contributed by atoms with E-state index in [1.165, 1.54) is 4.90 Å². The van der Waals surface area contributed by atoms with Crippen molar-refractivity contribution in [2.45, 2.75) is 26.2 Å². The second-order valence-corrected chi connectivity index (χ2v) is 4.01. The average molecular weight is 259 g/mol. The SMILES string of the molecule is CCC(=O)NC.CN(C)C=O.CN1CCCC1=O. The summed E-state index contributed by atoms with van der Waals surface area (Å²) in [4.78, 5) is 33.2. The number of amides is 3. The van der Waals surface area contributed by atoms with Gasteiger partial charge in [0.25, 0.3) is 0 Å². The third kappa shape index (κ3) is 12.5. The van der Waals surface area contributed by atoms with E-state index in [0.717, 1.165) is 25.8 Å². The number of carbonyl (C=O) groups is 3. The van der Waals surface area contributed by atoms with Crippen molar-refractivity contribution in [2.24, 2.45) is 0 Å². The Balaban J connectivity index is 0. The van der Waals surface area contributed by atoms with E-state index in [-0.39, 0.29) is 5.91 Å². The highest BCUT2D eigenvalue weighted by molar-refractivity contribution is 5.77. The van der Waals surface area contributed by atoms with Gasteiger partial charge >= 0.3 is 0 Å². The van der Waals surface area contributed by atoms with Crippen molar-refractivity contribution in [3.63, 3.8) is 0 Å². The Kier molecular flexibility index (Phi) is 12.4. The van der Waals surface area contributed by atoms with Gasteiger partial charge in [-0.1, -0.05) is 6.92 Å². The Bertz CT molecular complexity index is 249. The molecule has 0 spiro atoms. The van der Waals surface area contributed by atoms with Crippen molar-refractivity contribution in [3.05, 3.63) is 0 Å². The number of nitrogens with zero attached hydrogens (tertiary/aromatic N) is 2. The van der Waals surface area contributed by atoms with Gasteiger partial charge in [0.2, 0.25) is 18.2 Å². The molecule has 0 aromatic heterocycles. The van der Waals surface area contributed by atoms with Gasteiger partial charge in [-0.05, 0) is 6.42 Å². The Morgan fingerprint density at radius 1 is 1.50 bits per heavy atom. The van der Waals surface area contributed by atoms with Crippen LogP contribution < -0.4 is 5.32 Å². The largest absolute Gasteiger partial charge is 0.359 e. The molecule has 0 bridgehead atoms. The fourth-order valence-corrected chi connectivity index (χ4v) is 0.960. The molecule has 106 valence electrons. The van der Waals surface area contributed by atoms with Crippen LogP contribution >= 0.6 is 0 Å². The van der Waals surface area contributed by atoms with Gasteiger partial charge in [-0.25, -0.2) is 0 Å². The molecule has 18 heavy (non-hydrogen) atoms. The highest BCUT2D eigenvalue weighted by Crippen LogP contribution is 2.04. The van der Waals surface area contributed by atoms with Crippen LogP contribution in [0.5, 0.6) is 0 Å². The molecule has 0 unspecified atom stereocenters. The Labute approximate surface area is 109 Å². The summed E-state index contributed by atoms with van der Waals surface area (Å²) in [5, 5.41) is 2.48. The highest BCUT2D eigenvalue weighted by Gasteiger charge is 2.14. The first-order valence-electron chi connectivity index (χ1n) is 5.95. The van der Waals surface area contributed by atoms with E-state index in [9.17, 15) is 14.4 Å². The maximum Gasteiger partial charge on any atom is 0.222 e. The second kappa shape index (κ2) is 11.9. The van der Waals surface area contributed by atoms with Crippen LogP contribution in [0.2, 0.25) is 0 Å². The van der Waals surface area contributed by atoms with E-state index in [0.29, 0.717) is 12.3 Å². The van der Waals surface area contributed by atoms with Gasteiger partial charge in [0.05, 0.1) is 0 Å². The van der Waals surface area contributed by atoms with Crippen molar-refractivity contribution in [1.82, 2.24) is 15.1 Å². The van der Waals surface area contributed by atoms with E-state index < -0.39 is 0 Å². The number of hydrogen-bond acceptors (Lipinski definition) is 3. The van der Waals surface area contributed by atoms with Crippen molar-refractivity contribution < 1.29 is 14.4 Å². The predicted molar refractivity (Wildman–Crippen MR) is 71.0 cm³/mol. The van der Waals surface area contributed by atoms with Crippen LogP contribution in [-0.2, 0) is 14.4 Å². The van der Waals surface area contributed by atoms with E-state index in [2.05, 4.69) is 5.32 Å². The molecule has 1 N–H and O–H groups in total. The monoisotopic (exact) mass is 259 g/mol. The average Bonchev–Trinajstić information content (AvgIpc) is 2.74. The normalized spacial score (nSPS) is 12.7. The van der Waals surface area contributed by atoms with Crippen molar-refractivity contribution >= 4 is 18.2 Å². The summed E-state index contributed by atoms with van der Waals surface area (Å²) < 4.78 is 0. The summed E-state index contributed by atoms with van der Waals surface area (Å²) in [6, 6.07) is 0. The van der Waals surface area contributed by atoms with E-state index in [4.69, 9.17) is 0 Å². The lowest BCUT2D eigenvalue weighted by atomic mass is 10.4. The number of nitrogens with one attached hydrogen (secondary N) is 1. The van der Waals surface area contributed by atoms with E-state index >= 15 is 0 Å². The summed E-state index contributed by atoms with van der Waals surface area (Å²) in [6.45, 7) is 2.78. The van der Waals surface area contributed by atoms with E-state index in [1.807, 2.05) is 14.0 Å². The topological polar surface area (TPSA) is 69.7 Å². The third-order valence-corrected chi connectivity index (χ3v) is 2.12. The lowest BCUT2D eigenvalue weighted by Crippen LogP contribution is -2.17. The number of hydrogen-bond donors (Lipinski definition) is 1. The Hall–Kier alpha value is -1.59. The molecule has 0 radical (unpaired) electrons. The lowest BCUT2D eigenvalue weighted by Gasteiger charge is -2.03. The molecule has 6 heteroatoms. The Morgan fingerprint density at radius 2 is 2.00 bits per heavy atom. The van der Waals surface area contributed by atoms with Gasteiger partial charge in [0.15, 0.2) is 0 Å². The van der Waals surface area contributed by atoms with Crippen molar-refractivity contribution in [2.75, 3.05) is 34.7 Å². The minimum atomic E-state index is 0.0926.